The summed E-state index contributed by atoms with van der Waals surface area (Å²) < 4.78 is 0. The van der Waals surface area contributed by atoms with Gasteiger partial charge in [-0.2, -0.15) is 0 Å². The fourth-order valence-corrected chi connectivity index (χ4v) is 3.97. The Labute approximate surface area is 130 Å². The largest absolute Gasteiger partial charge is 0.337 e. The van der Waals surface area contributed by atoms with Crippen molar-refractivity contribution in [2.75, 3.05) is 19.6 Å². The van der Waals surface area contributed by atoms with Crippen LogP contribution in [0, 0.1) is 11.8 Å². The molecular weight excluding hydrogens is 262 g/mol. The van der Waals surface area contributed by atoms with Crippen LogP contribution in [-0.4, -0.2) is 42.6 Å². The first-order valence-corrected chi connectivity index (χ1v) is 8.86. The summed E-state index contributed by atoms with van der Waals surface area (Å²) in [5.41, 5.74) is 0. The van der Waals surface area contributed by atoms with Gasteiger partial charge < -0.3 is 10.6 Å². The van der Waals surface area contributed by atoms with E-state index < -0.39 is 0 Å². The quantitative estimate of drug-likeness (QED) is 0.837. The van der Waals surface area contributed by atoms with Crippen molar-refractivity contribution in [3.8, 4) is 0 Å². The molecule has 0 aromatic rings. The van der Waals surface area contributed by atoms with E-state index in [1.54, 1.807) is 0 Å². The first kappa shape index (κ1) is 16.6. The zero-order valence-electron chi connectivity index (χ0n) is 14.0. The van der Waals surface area contributed by atoms with Gasteiger partial charge in [0.25, 0.3) is 0 Å². The van der Waals surface area contributed by atoms with E-state index in [1.165, 1.54) is 45.1 Å². The number of nitrogens with zero attached hydrogens (tertiary/aromatic N) is 1. The molecule has 0 aromatic carbocycles. The van der Waals surface area contributed by atoms with Gasteiger partial charge in [-0.1, -0.05) is 26.7 Å². The van der Waals surface area contributed by atoms with E-state index in [0.717, 1.165) is 13.1 Å². The molecule has 0 radical (unpaired) electrons. The maximum Gasteiger partial charge on any atom is 0.315 e. The molecule has 2 aliphatic rings. The van der Waals surface area contributed by atoms with E-state index in [1.807, 2.05) is 0 Å². The van der Waals surface area contributed by atoms with Gasteiger partial charge >= 0.3 is 6.03 Å². The van der Waals surface area contributed by atoms with Gasteiger partial charge in [-0.25, -0.2) is 4.79 Å². The number of piperidine rings is 1. The number of likely N-dealkylation sites (tertiary alicyclic amines) is 1. The van der Waals surface area contributed by atoms with E-state index in [9.17, 15) is 4.79 Å². The second kappa shape index (κ2) is 8.02. The predicted octanol–water partition coefficient (Wildman–Crippen LogP) is 2.98. The Kier molecular flexibility index (Phi) is 6.34. The van der Waals surface area contributed by atoms with Gasteiger partial charge in [0.1, 0.15) is 0 Å². The summed E-state index contributed by atoms with van der Waals surface area (Å²) in [7, 11) is 0. The zero-order chi connectivity index (χ0) is 15.2. The highest BCUT2D eigenvalue weighted by atomic mass is 16.2. The summed E-state index contributed by atoms with van der Waals surface area (Å²) in [6.07, 6.45) is 7.72. The minimum Gasteiger partial charge on any atom is -0.337 e. The van der Waals surface area contributed by atoms with Crippen LogP contribution in [0.1, 0.15) is 59.3 Å². The molecule has 2 amide bonds. The maximum atomic E-state index is 12.1. The number of nitrogens with one attached hydrogen (secondary N) is 2. The molecular formula is C17H33N3O. The van der Waals surface area contributed by atoms with Crippen LogP contribution in [0.15, 0.2) is 0 Å². The summed E-state index contributed by atoms with van der Waals surface area (Å²) in [5, 5.41) is 6.25. The summed E-state index contributed by atoms with van der Waals surface area (Å²) in [4.78, 5) is 14.6. The van der Waals surface area contributed by atoms with Crippen molar-refractivity contribution in [3.05, 3.63) is 0 Å². The third-order valence-corrected chi connectivity index (χ3v) is 5.47. The number of amides is 2. The Morgan fingerprint density at radius 3 is 2.43 bits per heavy atom. The van der Waals surface area contributed by atoms with Gasteiger partial charge in [-0.05, 0) is 51.0 Å². The minimum absolute atomic E-state index is 0.0188. The van der Waals surface area contributed by atoms with E-state index in [2.05, 4.69) is 36.3 Å². The Balaban J connectivity index is 1.67. The van der Waals surface area contributed by atoms with Crippen molar-refractivity contribution < 1.29 is 4.79 Å². The monoisotopic (exact) mass is 295 g/mol. The van der Waals surface area contributed by atoms with Gasteiger partial charge in [0.2, 0.25) is 0 Å². The van der Waals surface area contributed by atoms with E-state index in [4.69, 9.17) is 0 Å². The van der Waals surface area contributed by atoms with Crippen LogP contribution in [0.2, 0.25) is 0 Å². The van der Waals surface area contributed by atoms with Gasteiger partial charge in [0.05, 0.1) is 0 Å². The van der Waals surface area contributed by atoms with Crippen LogP contribution in [0.5, 0.6) is 0 Å². The van der Waals surface area contributed by atoms with Gasteiger partial charge in [-0.15, -0.1) is 0 Å². The summed E-state index contributed by atoms with van der Waals surface area (Å²) >= 11 is 0. The molecule has 2 fully saturated rings. The SMILES string of the molecule is C[C@@H]1CCC[C@@H](C)C1NC(=O)NCCN1CCCC[C@@H]1C. The second-order valence-corrected chi connectivity index (χ2v) is 7.19. The molecule has 1 saturated carbocycles. The molecule has 0 aromatic heterocycles. The second-order valence-electron chi connectivity index (χ2n) is 7.19. The fourth-order valence-electron chi connectivity index (χ4n) is 3.97. The molecule has 1 aliphatic carbocycles. The highest BCUT2D eigenvalue weighted by molar-refractivity contribution is 5.74. The lowest BCUT2D eigenvalue weighted by atomic mass is 9.79. The lowest BCUT2D eigenvalue weighted by Gasteiger charge is -2.35. The van der Waals surface area contributed by atoms with Gasteiger partial charge in [0.15, 0.2) is 0 Å². The molecule has 122 valence electrons. The first-order valence-electron chi connectivity index (χ1n) is 8.86. The molecule has 1 heterocycles. The number of hydrogen-bond donors (Lipinski definition) is 2. The number of rotatable bonds is 4. The summed E-state index contributed by atoms with van der Waals surface area (Å²) in [6, 6.07) is 1.03. The molecule has 0 unspecified atom stereocenters. The Bertz CT molecular complexity index is 324. The normalized spacial score (nSPS) is 31.9. The van der Waals surface area contributed by atoms with Crippen LogP contribution in [0.25, 0.3) is 0 Å². The molecule has 0 spiro atoms. The molecule has 0 bridgehead atoms. The van der Waals surface area contributed by atoms with Crippen molar-refractivity contribution in [3.63, 3.8) is 0 Å². The van der Waals surface area contributed by atoms with E-state index >= 15 is 0 Å². The third kappa shape index (κ3) is 4.87. The number of urea groups is 1. The van der Waals surface area contributed by atoms with Crippen LogP contribution >= 0.6 is 0 Å². The van der Waals surface area contributed by atoms with Crippen molar-refractivity contribution in [2.45, 2.75) is 71.4 Å². The molecule has 21 heavy (non-hydrogen) atoms. The van der Waals surface area contributed by atoms with Crippen molar-refractivity contribution in [1.82, 2.24) is 15.5 Å². The Morgan fingerprint density at radius 1 is 1.05 bits per heavy atom. The number of carbonyl (C=O) groups excluding carboxylic acids is 1. The van der Waals surface area contributed by atoms with Crippen LogP contribution in [0.3, 0.4) is 0 Å². The third-order valence-electron chi connectivity index (χ3n) is 5.47. The Morgan fingerprint density at radius 2 is 1.76 bits per heavy atom. The van der Waals surface area contributed by atoms with Gasteiger partial charge in [-0.3, -0.25) is 4.90 Å². The standard InChI is InChI=1S/C17H33N3O/c1-13-7-6-8-14(2)16(13)19-17(21)18-10-12-20-11-5-4-9-15(20)3/h13-16H,4-12H2,1-3H3,(H2,18,19,21)/t13-,14-,15+/m1/s1. The molecule has 2 rings (SSSR count). The maximum absolute atomic E-state index is 12.1. The molecule has 1 saturated heterocycles. The van der Waals surface area contributed by atoms with Crippen LogP contribution in [0.4, 0.5) is 4.79 Å². The lowest BCUT2D eigenvalue weighted by Crippen LogP contribution is -2.51. The smallest absolute Gasteiger partial charge is 0.315 e. The van der Waals surface area contributed by atoms with Crippen molar-refractivity contribution in [1.29, 1.82) is 0 Å². The molecule has 2 N–H and O–H groups in total. The Hall–Kier alpha value is -0.770. The average Bonchev–Trinajstić information content (AvgIpc) is 2.45. The number of hydrogen-bond acceptors (Lipinski definition) is 2. The predicted molar refractivity (Wildman–Crippen MR) is 87.4 cm³/mol. The average molecular weight is 295 g/mol. The summed E-state index contributed by atoms with van der Waals surface area (Å²) in [6.45, 7) is 9.73. The van der Waals surface area contributed by atoms with E-state index in [-0.39, 0.29) is 6.03 Å². The topological polar surface area (TPSA) is 44.4 Å². The summed E-state index contributed by atoms with van der Waals surface area (Å²) in [5.74, 6) is 1.20. The first-order chi connectivity index (χ1) is 10.1. The number of carbonyl (C=O) groups is 1. The molecule has 1 aliphatic heterocycles. The van der Waals surface area contributed by atoms with Crippen molar-refractivity contribution >= 4 is 6.03 Å². The van der Waals surface area contributed by atoms with E-state index in [0.29, 0.717) is 23.9 Å². The van der Waals surface area contributed by atoms with Crippen LogP contribution < -0.4 is 10.6 Å². The lowest BCUT2D eigenvalue weighted by molar-refractivity contribution is 0.159. The molecule has 3 atom stereocenters. The minimum atomic E-state index is 0.0188. The van der Waals surface area contributed by atoms with Gasteiger partial charge in [0, 0.05) is 25.2 Å². The fraction of sp³-hybridized carbons (Fsp3) is 0.941. The van der Waals surface area contributed by atoms with Crippen molar-refractivity contribution in [2.24, 2.45) is 11.8 Å². The molecule has 4 nitrogen and oxygen atoms in total. The molecule has 4 heteroatoms. The zero-order valence-corrected chi connectivity index (χ0v) is 14.0. The highest BCUT2D eigenvalue weighted by Crippen LogP contribution is 2.28. The highest BCUT2D eigenvalue weighted by Gasteiger charge is 2.28. The van der Waals surface area contributed by atoms with Crippen LogP contribution in [-0.2, 0) is 0 Å².